The summed E-state index contributed by atoms with van der Waals surface area (Å²) in [6, 6.07) is 7.12. The number of hydrogen-bond acceptors (Lipinski definition) is 5. The van der Waals surface area contributed by atoms with Crippen molar-refractivity contribution in [2.45, 2.75) is 72.5 Å². The van der Waals surface area contributed by atoms with Crippen LogP contribution in [0.15, 0.2) is 40.5 Å². The molecule has 1 aromatic carbocycles. The number of aliphatic imine (C=N–C) groups is 1. The van der Waals surface area contributed by atoms with Crippen molar-refractivity contribution in [2.24, 2.45) is 10.9 Å². The second-order valence-electron chi connectivity index (χ2n) is 9.29. The average Bonchev–Trinajstić information content (AvgIpc) is 2.51. The van der Waals surface area contributed by atoms with E-state index in [1.165, 1.54) is 0 Å². The lowest BCUT2D eigenvalue weighted by molar-refractivity contribution is -0.158. The topological polar surface area (TPSA) is 65.0 Å². The van der Waals surface area contributed by atoms with E-state index in [-0.39, 0.29) is 0 Å². The van der Waals surface area contributed by atoms with E-state index >= 15 is 0 Å². The predicted molar refractivity (Wildman–Crippen MR) is 115 cm³/mol. The highest BCUT2D eigenvalue weighted by atomic mass is 35.5. The van der Waals surface area contributed by atoms with Gasteiger partial charge in [-0.1, -0.05) is 23.7 Å². The first-order valence-electron chi connectivity index (χ1n) is 9.67. The second-order valence-corrected chi connectivity index (χ2v) is 9.73. The van der Waals surface area contributed by atoms with Crippen LogP contribution >= 0.6 is 11.6 Å². The maximum absolute atomic E-state index is 13.1. The molecule has 0 saturated carbocycles. The van der Waals surface area contributed by atoms with Crippen molar-refractivity contribution in [3.8, 4) is 0 Å². The molecule has 0 bridgehead atoms. The van der Waals surface area contributed by atoms with E-state index in [9.17, 15) is 9.59 Å². The van der Waals surface area contributed by atoms with Gasteiger partial charge in [0, 0.05) is 22.3 Å². The lowest BCUT2D eigenvalue weighted by Gasteiger charge is -2.34. The molecule has 5 nitrogen and oxygen atoms in total. The fourth-order valence-electron chi connectivity index (χ4n) is 3.34. The third-order valence-corrected chi connectivity index (χ3v) is 4.59. The summed E-state index contributed by atoms with van der Waals surface area (Å²) in [5, 5.41) is 0.572. The minimum atomic E-state index is -0.735. The number of benzene rings is 1. The zero-order valence-corrected chi connectivity index (χ0v) is 19.2. The Kier molecular flexibility index (Phi) is 6.63. The molecular formula is C23H30ClNO4. The Morgan fingerprint density at radius 2 is 1.45 bits per heavy atom. The second kappa shape index (κ2) is 8.31. The third kappa shape index (κ3) is 5.92. The Hall–Kier alpha value is -2.14. The molecule has 2 rings (SSSR count). The molecule has 0 N–H and O–H groups in total. The van der Waals surface area contributed by atoms with Crippen LogP contribution in [0.2, 0.25) is 5.02 Å². The molecule has 1 aromatic rings. The van der Waals surface area contributed by atoms with E-state index in [2.05, 4.69) is 4.99 Å². The Balaban J connectivity index is 2.62. The number of rotatable bonds is 3. The zero-order chi connectivity index (χ0) is 22.1. The van der Waals surface area contributed by atoms with Crippen LogP contribution in [0.3, 0.4) is 0 Å². The minimum Gasteiger partial charge on any atom is -0.459 e. The molecule has 158 valence electrons. The van der Waals surface area contributed by atoms with E-state index in [0.29, 0.717) is 22.0 Å². The van der Waals surface area contributed by atoms with Crippen LogP contribution in [0.25, 0.3) is 0 Å². The van der Waals surface area contributed by atoms with Gasteiger partial charge in [-0.3, -0.25) is 9.79 Å². The van der Waals surface area contributed by atoms with Crippen LogP contribution in [0, 0.1) is 5.92 Å². The van der Waals surface area contributed by atoms with Crippen molar-refractivity contribution < 1.29 is 19.1 Å². The molecule has 0 saturated heterocycles. The molecule has 0 aromatic heterocycles. The number of allylic oxidation sites excluding steroid dienone is 1. The first-order chi connectivity index (χ1) is 13.2. The smallest absolute Gasteiger partial charge is 0.337 e. The van der Waals surface area contributed by atoms with E-state index in [1.807, 2.05) is 32.9 Å². The molecule has 6 heteroatoms. The van der Waals surface area contributed by atoms with Crippen LogP contribution in [0.1, 0.15) is 66.9 Å². The highest BCUT2D eigenvalue weighted by Gasteiger charge is 2.43. The number of nitrogens with zero attached hydrogens (tertiary/aromatic N) is 1. The number of carbonyl (C=O) groups excluding carboxylic acids is 2. The van der Waals surface area contributed by atoms with Crippen molar-refractivity contribution >= 4 is 29.3 Å². The lowest BCUT2D eigenvalue weighted by Crippen LogP contribution is -2.40. The van der Waals surface area contributed by atoms with Gasteiger partial charge in [-0.05, 0) is 73.1 Å². The maximum atomic E-state index is 13.1. The maximum Gasteiger partial charge on any atom is 0.337 e. The molecule has 1 heterocycles. The Morgan fingerprint density at radius 3 is 1.93 bits per heavy atom. The highest BCUT2D eigenvalue weighted by Crippen LogP contribution is 2.41. The first kappa shape index (κ1) is 23.1. The predicted octanol–water partition coefficient (Wildman–Crippen LogP) is 5.47. The lowest BCUT2D eigenvalue weighted by atomic mass is 9.75. The molecule has 0 spiro atoms. The minimum absolute atomic E-state index is 0.365. The zero-order valence-electron chi connectivity index (χ0n) is 18.4. The standard InChI is InChI=1S/C23H30ClNO4/c1-13-17(20(26)28-22(3,4)5)19(15-9-11-16(24)12-10-15)18(14(2)25-13)21(27)29-23(6,7)8/h9-12,17,19H,1-8H3. The molecular weight excluding hydrogens is 390 g/mol. The Morgan fingerprint density at radius 1 is 0.931 bits per heavy atom. The summed E-state index contributed by atoms with van der Waals surface area (Å²) in [6.07, 6.45) is 0. The number of halogens is 1. The van der Waals surface area contributed by atoms with Gasteiger partial charge in [-0.25, -0.2) is 4.79 Å². The summed E-state index contributed by atoms with van der Waals surface area (Å²) in [5.41, 5.74) is 0.945. The summed E-state index contributed by atoms with van der Waals surface area (Å²) < 4.78 is 11.3. The molecule has 0 aliphatic carbocycles. The number of carbonyl (C=O) groups is 2. The van der Waals surface area contributed by atoms with Gasteiger partial charge < -0.3 is 9.47 Å². The van der Waals surface area contributed by atoms with Crippen molar-refractivity contribution in [1.29, 1.82) is 0 Å². The Bertz CT molecular complexity index is 854. The van der Waals surface area contributed by atoms with Gasteiger partial charge in [0.25, 0.3) is 0 Å². The van der Waals surface area contributed by atoms with Gasteiger partial charge in [-0.15, -0.1) is 0 Å². The van der Waals surface area contributed by atoms with Crippen molar-refractivity contribution in [3.05, 3.63) is 46.1 Å². The molecule has 2 atom stereocenters. The molecule has 0 radical (unpaired) electrons. The van der Waals surface area contributed by atoms with Crippen molar-refractivity contribution in [1.82, 2.24) is 0 Å². The van der Waals surface area contributed by atoms with Crippen molar-refractivity contribution in [2.75, 3.05) is 0 Å². The van der Waals surface area contributed by atoms with E-state index in [1.54, 1.807) is 46.8 Å². The van der Waals surface area contributed by atoms with Crippen molar-refractivity contribution in [3.63, 3.8) is 0 Å². The summed E-state index contributed by atoms with van der Waals surface area (Å²) in [6.45, 7) is 14.4. The van der Waals surface area contributed by atoms with Crippen LogP contribution in [0.4, 0.5) is 0 Å². The van der Waals surface area contributed by atoms with Crippen LogP contribution in [-0.2, 0) is 19.1 Å². The number of esters is 2. The van der Waals surface area contributed by atoms with Crippen LogP contribution in [-0.4, -0.2) is 28.9 Å². The fraction of sp³-hybridized carbons (Fsp3) is 0.522. The van der Waals surface area contributed by atoms with Gasteiger partial charge in [0.1, 0.15) is 17.1 Å². The highest BCUT2D eigenvalue weighted by molar-refractivity contribution is 6.30. The molecule has 29 heavy (non-hydrogen) atoms. The van der Waals surface area contributed by atoms with E-state index < -0.39 is 35.0 Å². The fourth-order valence-corrected chi connectivity index (χ4v) is 3.46. The summed E-state index contributed by atoms with van der Waals surface area (Å²) in [5.74, 6) is -2.22. The van der Waals surface area contributed by atoms with Crippen LogP contribution < -0.4 is 0 Å². The normalized spacial score (nSPS) is 20.2. The van der Waals surface area contributed by atoms with Gasteiger partial charge in [0.05, 0.1) is 5.57 Å². The van der Waals surface area contributed by atoms with Gasteiger partial charge in [0.15, 0.2) is 0 Å². The number of hydrogen-bond donors (Lipinski definition) is 0. The van der Waals surface area contributed by atoms with E-state index in [0.717, 1.165) is 5.56 Å². The molecule has 0 amide bonds. The monoisotopic (exact) mass is 419 g/mol. The van der Waals surface area contributed by atoms with Gasteiger partial charge in [0.2, 0.25) is 0 Å². The largest absolute Gasteiger partial charge is 0.459 e. The molecule has 0 fully saturated rings. The summed E-state index contributed by atoms with van der Waals surface area (Å²) >= 11 is 6.06. The molecule has 2 unspecified atom stereocenters. The van der Waals surface area contributed by atoms with Crippen LogP contribution in [0.5, 0.6) is 0 Å². The quantitative estimate of drug-likeness (QED) is 0.609. The summed E-state index contributed by atoms with van der Waals surface area (Å²) in [7, 11) is 0. The van der Waals surface area contributed by atoms with Gasteiger partial charge in [-0.2, -0.15) is 0 Å². The number of ether oxygens (including phenoxy) is 2. The van der Waals surface area contributed by atoms with E-state index in [4.69, 9.17) is 21.1 Å². The Labute approximate surface area is 178 Å². The molecule has 1 aliphatic rings. The summed E-state index contributed by atoms with van der Waals surface area (Å²) in [4.78, 5) is 30.7. The average molecular weight is 420 g/mol. The first-order valence-corrected chi connectivity index (χ1v) is 10.0. The third-order valence-electron chi connectivity index (χ3n) is 4.34. The SMILES string of the molecule is CC1=NC(C)=C(C(=O)OC(C)(C)C)C(c2ccc(Cl)cc2)C1C(=O)OC(C)(C)C. The van der Waals surface area contributed by atoms with Gasteiger partial charge >= 0.3 is 11.9 Å². The molecule has 1 aliphatic heterocycles.